The quantitative estimate of drug-likeness (QED) is 0.101. The van der Waals surface area contributed by atoms with Crippen molar-refractivity contribution >= 4 is 56.3 Å². The van der Waals surface area contributed by atoms with Crippen molar-refractivity contribution in [2.45, 2.75) is 6.92 Å². The van der Waals surface area contributed by atoms with Crippen LogP contribution in [0.3, 0.4) is 0 Å². The van der Waals surface area contributed by atoms with Crippen LogP contribution in [0.5, 0.6) is 0 Å². The molecule has 10 rings (SSSR count). The van der Waals surface area contributed by atoms with E-state index in [0.717, 1.165) is 62.3 Å². The number of benzene rings is 10. The van der Waals surface area contributed by atoms with Gasteiger partial charge in [0.2, 0.25) is 0 Å². The van der Waals surface area contributed by atoms with E-state index in [-0.39, 0.29) is 0 Å². The molecule has 0 bridgehead atoms. The molecule has 10 aromatic carbocycles. The smallest absolute Gasteiger partial charge is 0.0540 e. The van der Waals surface area contributed by atoms with Crippen molar-refractivity contribution in [2.75, 3.05) is 14.7 Å². The second kappa shape index (κ2) is 20.1. The fraction of sp³-hybridized carbons (Fsp3) is 0.0154. The van der Waals surface area contributed by atoms with Crippen molar-refractivity contribution in [1.82, 2.24) is 0 Å². The van der Waals surface area contributed by atoms with Crippen LogP contribution in [-0.4, -0.2) is 0 Å². The van der Waals surface area contributed by atoms with Crippen LogP contribution in [0.25, 0.3) is 44.2 Å². The summed E-state index contributed by atoms with van der Waals surface area (Å²) in [5.41, 5.74) is 16.7. The summed E-state index contributed by atoms with van der Waals surface area (Å²) in [6.07, 6.45) is 8.11. The molecule has 0 unspecified atom stereocenters. The fourth-order valence-corrected chi connectivity index (χ4v) is 9.00. The average molecular weight is 874 g/mol. The van der Waals surface area contributed by atoms with Gasteiger partial charge in [-0.2, -0.15) is 0 Å². The number of nitrogens with zero attached hydrogens (tertiary/aromatic N) is 3. The van der Waals surface area contributed by atoms with Gasteiger partial charge in [-0.1, -0.05) is 189 Å². The van der Waals surface area contributed by atoms with Gasteiger partial charge < -0.3 is 14.7 Å². The van der Waals surface area contributed by atoms with Gasteiger partial charge in [0.25, 0.3) is 0 Å². The highest BCUT2D eigenvalue weighted by atomic mass is 15.2. The standard InChI is InChI=1S/C65H51N3/c1-3-4-9-20-49(2)66(55-21-10-5-11-22-55)59-45-39-54(40-46-59)62-47-48-65(64-30-19-18-29-63(62)64)68(58-27-16-8-17-28-58)61-43-37-53(38-44-61)51-33-31-50(32-34-51)52-35-41-60(42-36-52)67(56-23-12-6-13-24-56)57-25-14-7-15-26-57/h3-48H,2H2,1H3/b4-3-,20-9-. The molecule has 0 aliphatic heterocycles. The Labute approximate surface area is 400 Å². The maximum atomic E-state index is 4.43. The van der Waals surface area contributed by atoms with E-state index in [1.807, 2.05) is 37.3 Å². The molecule has 3 nitrogen and oxygen atoms in total. The SMILES string of the molecule is C=C(/C=C\C=C/C)N(c1ccccc1)c1ccc(-c2ccc(N(c3ccccc3)c3ccc(-c4ccc(-c5ccc(N(c6ccccc6)c6ccccc6)cc5)cc4)cc3)c3ccccc23)cc1. The Morgan fingerprint density at radius 1 is 0.324 bits per heavy atom. The van der Waals surface area contributed by atoms with E-state index in [2.05, 4.69) is 270 Å². The Kier molecular flexibility index (Phi) is 12.7. The molecule has 0 aliphatic carbocycles. The zero-order valence-electron chi connectivity index (χ0n) is 38.1. The summed E-state index contributed by atoms with van der Waals surface area (Å²) < 4.78 is 0. The molecule has 0 N–H and O–H groups in total. The molecular weight excluding hydrogens is 823 g/mol. The molecule has 0 saturated carbocycles. The summed E-state index contributed by atoms with van der Waals surface area (Å²) >= 11 is 0. The lowest BCUT2D eigenvalue weighted by atomic mass is 9.96. The minimum absolute atomic E-state index is 0.886. The third-order valence-corrected chi connectivity index (χ3v) is 12.3. The highest BCUT2D eigenvalue weighted by molar-refractivity contribution is 6.06. The van der Waals surface area contributed by atoms with Crippen LogP contribution < -0.4 is 14.7 Å². The minimum atomic E-state index is 0.886. The number of anilines is 8. The van der Waals surface area contributed by atoms with Crippen molar-refractivity contribution in [3.05, 3.63) is 291 Å². The summed E-state index contributed by atoms with van der Waals surface area (Å²) in [6, 6.07) is 90.9. The predicted molar refractivity (Wildman–Crippen MR) is 291 cm³/mol. The third-order valence-electron chi connectivity index (χ3n) is 12.3. The molecule has 10 aromatic rings. The minimum Gasteiger partial charge on any atom is -0.311 e. The molecule has 0 fully saturated rings. The first-order valence-electron chi connectivity index (χ1n) is 23.1. The molecule has 0 saturated heterocycles. The van der Waals surface area contributed by atoms with Gasteiger partial charge in [0, 0.05) is 50.9 Å². The average Bonchev–Trinajstić information content (AvgIpc) is 3.41. The maximum absolute atomic E-state index is 4.43. The van der Waals surface area contributed by atoms with Crippen LogP contribution in [0, 0.1) is 0 Å². The second-order valence-electron chi connectivity index (χ2n) is 16.6. The third kappa shape index (κ3) is 9.15. The zero-order chi connectivity index (χ0) is 46.1. The van der Waals surface area contributed by atoms with Crippen LogP contribution in [0.4, 0.5) is 45.5 Å². The first-order chi connectivity index (χ1) is 33.6. The molecule has 0 amide bonds. The summed E-state index contributed by atoms with van der Waals surface area (Å²) in [6.45, 7) is 6.45. The lowest BCUT2D eigenvalue weighted by Crippen LogP contribution is -2.14. The molecule has 326 valence electrons. The Morgan fingerprint density at radius 2 is 0.676 bits per heavy atom. The Hall–Kier alpha value is -8.92. The molecule has 0 aromatic heterocycles. The van der Waals surface area contributed by atoms with Gasteiger partial charge in [-0.15, -0.1) is 0 Å². The van der Waals surface area contributed by atoms with E-state index in [0.29, 0.717) is 0 Å². The predicted octanol–water partition coefficient (Wildman–Crippen LogP) is 18.6. The lowest BCUT2D eigenvalue weighted by molar-refractivity contribution is 1.22. The number of hydrogen-bond donors (Lipinski definition) is 0. The van der Waals surface area contributed by atoms with Gasteiger partial charge in [0.1, 0.15) is 0 Å². The topological polar surface area (TPSA) is 9.72 Å². The maximum Gasteiger partial charge on any atom is 0.0540 e. The van der Waals surface area contributed by atoms with Crippen molar-refractivity contribution in [3.8, 4) is 33.4 Å². The molecule has 3 heteroatoms. The molecule has 68 heavy (non-hydrogen) atoms. The number of hydrogen-bond acceptors (Lipinski definition) is 3. The largest absolute Gasteiger partial charge is 0.311 e. The van der Waals surface area contributed by atoms with Crippen LogP contribution in [-0.2, 0) is 0 Å². The summed E-state index contributed by atoms with van der Waals surface area (Å²) in [5.74, 6) is 0. The Morgan fingerprint density at radius 3 is 1.16 bits per heavy atom. The highest BCUT2D eigenvalue weighted by Crippen LogP contribution is 2.43. The first kappa shape index (κ1) is 43.0. The van der Waals surface area contributed by atoms with Gasteiger partial charge in [-0.05, 0) is 143 Å². The van der Waals surface area contributed by atoms with Gasteiger partial charge in [0.05, 0.1) is 5.69 Å². The number of para-hydroxylation sites is 4. The number of allylic oxidation sites excluding steroid dienone is 4. The molecule has 0 aliphatic rings. The summed E-state index contributed by atoms with van der Waals surface area (Å²) in [4.78, 5) is 6.85. The van der Waals surface area contributed by atoms with E-state index in [1.54, 1.807) is 0 Å². The van der Waals surface area contributed by atoms with Gasteiger partial charge in [-0.3, -0.25) is 0 Å². The lowest BCUT2D eigenvalue weighted by Gasteiger charge is -2.28. The van der Waals surface area contributed by atoms with Crippen LogP contribution >= 0.6 is 0 Å². The van der Waals surface area contributed by atoms with Crippen LogP contribution in [0.1, 0.15) is 6.92 Å². The number of fused-ring (bicyclic) bond motifs is 1. The molecule has 0 heterocycles. The van der Waals surface area contributed by atoms with Crippen molar-refractivity contribution < 1.29 is 0 Å². The zero-order valence-corrected chi connectivity index (χ0v) is 38.1. The fourth-order valence-electron chi connectivity index (χ4n) is 9.00. The van der Waals surface area contributed by atoms with Crippen LogP contribution in [0.15, 0.2) is 291 Å². The van der Waals surface area contributed by atoms with E-state index in [9.17, 15) is 0 Å². The van der Waals surface area contributed by atoms with Gasteiger partial charge in [0.15, 0.2) is 0 Å². The molecule has 0 atom stereocenters. The van der Waals surface area contributed by atoms with Gasteiger partial charge >= 0.3 is 0 Å². The van der Waals surface area contributed by atoms with E-state index in [1.165, 1.54) is 33.0 Å². The first-order valence-corrected chi connectivity index (χ1v) is 23.1. The van der Waals surface area contributed by atoms with Gasteiger partial charge in [-0.25, -0.2) is 0 Å². The molecule has 0 radical (unpaired) electrons. The van der Waals surface area contributed by atoms with E-state index < -0.39 is 0 Å². The summed E-state index contributed by atoms with van der Waals surface area (Å²) in [5, 5.41) is 2.36. The van der Waals surface area contributed by atoms with Crippen molar-refractivity contribution in [3.63, 3.8) is 0 Å². The van der Waals surface area contributed by atoms with Crippen molar-refractivity contribution in [1.29, 1.82) is 0 Å². The summed E-state index contributed by atoms with van der Waals surface area (Å²) in [7, 11) is 0. The van der Waals surface area contributed by atoms with Crippen molar-refractivity contribution in [2.24, 2.45) is 0 Å². The number of rotatable bonds is 14. The van der Waals surface area contributed by atoms with Crippen LogP contribution in [0.2, 0.25) is 0 Å². The molecular formula is C65H51N3. The van der Waals surface area contributed by atoms with E-state index in [4.69, 9.17) is 0 Å². The normalized spacial score (nSPS) is 11.2. The monoisotopic (exact) mass is 873 g/mol. The second-order valence-corrected chi connectivity index (χ2v) is 16.6. The Bertz CT molecular complexity index is 3270. The molecule has 0 spiro atoms. The van der Waals surface area contributed by atoms with E-state index >= 15 is 0 Å². The Balaban J connectivity index is 0.924. The highest BCUT2D eigenvalue weighted by Gasteiger charge is 2.19.